The Bertz CT molecular complexity index is 155. The average Bonchev–Trinajstić information content (AvgIpc) is 2.20. The number of rotatable bonds is 1. The van der Waals surface area contributed by atoms with E-state index in [4.69, 9.17) is 0 Å². The van der Waals surface area contributed by atoms with Crippen molar-refractivity contribution < 1.29 is 0 Å². The monoisotopic (exact) mass is 197 g/mol. The first-order chi connectivity index (χ1) is 6.66. The van der Waals surface area contributed by atoms with E-state index in [2.05, 4.69) is 26.1 Å². The van der Waals surface area contributed by atoms with Crippen LogP contribution in [-0.2, 0) is 0 Å². The maximum atomic E-state index is 3.61. The van der Waals surface area contributed by atoms with Crippen molar-refractivity contribution in [2.24, 2.45) is 5.41 Å². The molecule has 14 heavy (non-hydrogen) atoms. The van der Waals surface area contributed by atoms with Crippen LogP contribution in [0.4, 0.5) is 0 Å². The second kappa shape index (κ2) is 5.75. The van der Waals surface area contributed by atoms with Crippen LogP contribution in [0.1, 0.15) is 65.7 Å². The summed E-state index contributed by atoms with van der Waals surface area (Å²) in [7, 11) is 0. The molecule has 1 fully saturated rings. The molecule has 2 atom stereocenters. The third-order valence-corrected chi connectivity index (χ3v) is 3.98. The van der Waals surface area contributed by atoms with Gasteiger partial charge in [0.2, 0.25) is 0 Å². The van der Waals surface area contributed by atoms with Gasteiger partial charge in [-0.15, -0.1) is 0 Å². The lowest BCUT2D eigenvalue weighted by atomic mass is 9.77. The normalized spacial score (nSPS) is 36.6. The van der Waals surface area contributed by atoms with Crippen LogP contribution in [-0.4, -0.2) is 12.6 Å². The highest BCUT2D eigenvalue weighted by Gasteiger charge is 2.22. The molecule has 1 heterocycles. The van der Waals surface area contributed by atoms with Crippen molar-refractivity contribution in [2.75, 3.05) is 6.54 Å². The maximum Gasteiger partial charge on any atom is 0.00389 e. The van der Waals surface area contributed by atoms with Crippen LogP contribution in [0, 0.1) is 5.41 Å². The van der Waals surface area contributed by atoms with E-state index < -0.39 is 0 Å². The van der Waals surface area contributed by atoms with E-state index in [1.807, 2.05) is 0 Å². The molecule has 84 valence electrons. The Morgan fingerprint density at radius 1 is 1.21 bits per heavy atom. The molecule has 0 saturated carbocycles. The van der Waals surface area contributed by atoms with Crippen molar-refractivity contribution in [3.63, 3.8) is 0 Å². The van der Waals surface area contributed by atoms with E-state index in [1.165, 1.54) is 51.5 Å². The summed E-state index contributed by atoms with van der Waals surface area (Å²) in [4.78, 5) is 0. The van der Waals surface area contributed by atoms with Crippen LogP contribution in [0.5, 0.6) is 0 Å². The van der Waals surface area contributed by atoms with E-state index in [0.29, 0.717) is 5.41 Å². The fourth-order valence-corrected chi connectivity index (χ4v) is 2.35. The van der Waals surface area contributed by atoms with Gasteiger partial charge in [-0.2, -0.15) is 0 Å². The first-order valence-corrected chi connectivity index (χ1v) is 6.40. The number of hydrogen-bond donors (Lipinski definition) is 1. The van der Waals surface area contributed by atoms with Gasteiger partial charge in [0.15, 0.2) is 0 Å². The second-order valence-electron chi connectivity index (χ2n) is 5.37. The van der Waals surface area contributed by atoms with Crippen LogP contribution in [0.25, 0.3) is 0 Å². The Kier molecular flexibility index (Phi) is 4.94. The standard InChI is InChI=1S/C13H27N/c1-4-13(3)9-6-5-7-11-14-12(2)8-10-13/h12,14H,4-11H2,1-3H3. The Balaban J connectivity index is 2.44. The lowest BCUT2D eigenvalue weighted by molar-refractivity contribution is 0.227. The summed E-state index contributed by atoms with van der Waals surface area (Å²) >= 11 is 0. The molecule has 1 heteroatoms. The van der Waals surface area contributed by atoms with Gasteiger partial charge in [-0.05, 0) is 44.6 Å². The van der Waals surface area contributed by atoms with E-state index in [-0.39, 0.29) is 0 Å². The third kappa shape index (κ3) is 4.00. The molecule has 1 saturated heterocycles. The zero-order valence-electron chi connectivity index (χ0n) is 10.2. The lowest BCUT2D eigenvalue weighted by Gasteiger charge is -2.31. The second-order valence-corrected chi connectivity index (χ2v) is 5.37. The Hall–Kier alpha value is -0.0400. The molecule has 1 nitrogen and oxygen atoms in total. The van der Waals surface area contributed by atoms with Crippen molar-refractivity contribution in [1.82, 2.24) is 5.32 Å². The van der Waals surface area contributed by atoms with Gasteiger partial charge < -0.3 is 5.32 Å². The minimum atomic E-state index is 0.618. The highest BCUT2D eigenvalue weighted by atomic mass is 14.9. The van der Waals surface area contributed by atoms with Gasteiger partial charge in [0, 0.05) is 6.04 Å². The van der Waals surface area contributed by atoms with Crippen molar-refractivity contribution in [1.29, 1.82) is 0 Å². The summed E-state index contributed by atoms with van der Waals surface area (Å²) in [6.45, 7) is 8.38. The fraction of sp³-hybridized carbons (Fsp3) is 1.00. The zero-order chi connectivity index (χ0) is 10.4. The van der Waals surface area contributed by atoms with Gasteiger partial charge in [-0.25, -0.2) is 0 Å². The van der Waals surface area contributed by atoms with Gasteiger partial charge in [0.1, 0.15) is 0 Å². The van der Waals surface area contributed by atoms with Gasteiger partial charge in [0.05, 0.1) is 0 Å². The van der Waals surface area contributed by atoms with Gasteiger partial charge in [-0.3, -0.25) is 0 Å². The van der Waals surface area contributed by atoms with Crippen LogP contribution >= 0.6 is 0 Å². The molecule has 0 amide bonds. The summed E-state index contributed by atoms with van der Waals surface area (Å²) < 4.78 is 0. The molecule has 2 unspecified atom stereocenters. The molecule has 1 rings (SSSR count). The van der Waals surface area contributed by atoms with E-state index >= 15 is 0 Å². The molecule has 1 aliphatic rings. The Morgan fingerprint density at radius 3 is 2.71 bits per heavy atom. The largest absolute Gasteiger partial charge is 0.314 e. The van der Waals surface area contributed by atoms with Crippen LogP contribution < -0.4 is 5.32 Å². The van der Waals surface area contributed by atoms with Crippen molar-refractivity contribution in [2.45, 2.75) is 71.8 Å². The molecular weight excluding hydrogens is 170 g/mol. The summed E-state index contributed by atoms with van der Waals surface area (Å²) in [6.07, 6.45) is 9.75. The highest BCUT2D eigenvalue weighted by molar-refractivity contribution is 4.76. The minimum Gasteiger partial charge on any atom is -0.314 e. The van der Waals surface area contributed by atoms with Crippen molar-refractivity contribution in [3.05, 3.63) is 0 Å². The smallest absolute Gasteiger partial charge is 0.00389 e. The van der Waals surface area contributed by atoms with E-state index in [0.717, 1.165) is 6.04 Å². The summed E-state index contributed by atoms with van der Waals surface area (Å²) in [5.41, 5.74) is 0.618. The van der Waals surface area contributed by atoms with Crippen LogP contribution in [0.3, 0.4) is 0 Å². The first kappa shape index (κ1) is 12.0. The predicted molar refractivity (Wildman–Crippen MR) is 63.6 cm³/mol. The molecule has 0 radical (unpaired) electrons. The topological polar surface area (TPSA) is 12.0 Å². The van der Waals surface area contributed by atoms with Crippen LogP contribution in [0.2, 0.25) is 0 Å². The van der Waals surface area contributed by atoms with Gasteiger partial charge in [-0.1, -0.05) is 33.1 Å². The SMILES string of the molecule is CCC1(C)CCCCCNC(C)CC1. The summed E-state index contributed by atoms with van der Waals surface area (Å²) in [5.74, 6) is 0. The molecule has 1 N–H and O–H groups in total. The van der Waals surface area contributed by atoms with E-state index in [1.54, 1.807) is 0 Å². The van der Waals surface area contributed by atoms with E-state index in [9.17, 15) is 0 Å². The molecule has 0 aromatic heterocycles. The molecule has 0 spiro atoms. The first-order valence-electron chi connectivity index (χ1n) is 6.40. The van der Waals surface area contributed by atoms with Crippen molar-refractivity contribution in [3.8, 4) is 0 Å². The number of nitrogens with one attached hydrogen (secondary N) is 1. The minimum absolute atomic E-state index is 0.618. The summed E-state index contributed by atoms with van der Waals surface area (Å²) in [6, 6.07) is 0.721. The Labute approximate surface area is 89.7 Å². The third-order valence-electron chi connectivity index (χ3n) is 3.98. The number of hydrogen-bond acceptors (Lipinski definition) is 1. The molecule has 1 aliphatic heterocycles. The molecule has 0 aromatic carbocycles. The highest BCUT2D eigenvalue weighted by Crippen LogP contribution is 2.34. The molecule has 0 aliphatic carbocycles. The van der Waals surface area contributed by atoms with Crippen molar-refractivity contribution >= 4 is 0 Å². The molecule has 0 aromatic rings. The zero-order valence-corrected chi connectivity index (χ0v) is 10.2. The summed E-state index contributed by atoms with van der Waals surface area (Å²) in [5, 5.41) is 3.61. The van der Waals surface area contributed by atoms with Crippen LogP contribution in [0.15, 0.2) is 0 Å². The fourth-order valence-electron chi connectivity index (χ4n) is 2.35. The Morgan fingerprint density at radius 2 is 2.00 bits per heavy atom. The maximum absolute atomic E-state index is 3.61. The predicted octanol–water partition coefficient (Wildman–Crippen LogP) is 3.74. The lowest BCUT2D eigenvalue weighted by Crippen LogP contribution is -2.30. The van der Waals surface area contributed by atoms with Gasteiger partial charge >= 0.3 is 0 Å². The molecule has 0 bridgehead atoms. The molecular formula is C13H27N. The average molecular weight is 197 g/mol. The van der Waals surface area contributed by atoms with Gasteiger partial charge in [0.25, 0.3) is 0 Å². The quantitative estimate of drug-likeness (QED) is 0.675.